The van der Waals surface area contributed by atoms with Gasteiger partial charge in [0, 0.05) is 23.7 Å². The number of halogens is 3. The molecule has 0 radical (unpaired) electrons. The highest BCUT2D eigenvalue weighted by atomic mass is 79.9. The second-order valence-electron chi connectivity index (χ2n) is 4.55. The highest BCUT2D eigenvalue weighted by molar-refractivity contribution is 9.10. The summed E-state index contributed by atoms with van der Waals surface area (Å²) in [7, 11) is 0. The van der Waals surface area contributed by atoms with Gasteiger partial charge in [-0.25, -0.2) is 4.39 Å². The predicted octanol–water partition coefficient (Wildman–Crippen LogP) is 2.95. The maximum absolute atomic E-state index is 13.1. The second kappa shape index (κ2) is 7.24. The fourth-order valence-electron chi connectivity index (χ4n) is 2.00. The van der Waals surface area contributed by atoms with E-state index in [1.54, 1.807) is 0 Å². The van der Waals surface area contributed by atoms with Gasteiger partial charge in [-0.1, -0.05) is 11.6 Å². The molecule has 0 spiro atoms. The Morgan fingerprint density at radius 2 is 2.15 bits per heavy atom. The van der Waals surface area contributed by atoms with Crippen molar-refractivity contribution >= 4 is 39.1 Å². The Balaban J connectivity index is 1.87. The van der Waals surface area contributed by atoms with E-state index in [1.807, 2.05) is 0 Å². The molecule has 1 amide bonds. The third-order valence-corrected chi connectivity index (χ3v) is 3.94. The van der Waals surface area contributed by atoms with Crippen LogP contribution in [0.2, 0.25) is 5.02 Å². The van der Waals surface area contributed by atoms with E-state index in [9.17, 15) is 9.18 Å². The van der Waals surface area contributed by atoms with Crippen molar-refractivity contribution in [2.75, 3.05) is 25.1 Å². The number of carbonyl (C=O) groups is 1. The molecule has 1 aliphatic rings. The summed E-state index contributed by atoms with van der Waals surface area (Å²) in [6.07, 6.45) is 1.65. The molecule has 0 aliphatic carbocycles. The molecular formula is C13H15BrClFN2O2. The smallest absolute Gasteiger partial charge is 0.239 e. The van der Waals surface area contributed by atoms with E-state index in [-0.39, 0.29) is 23.5 Å². The van der Waals surface area contributed by atoms with Gasteiger partial charge in [0.25, 0.3) is 0 Å². The minimum atomic E-state index is -0.431. The van der Waals surface area contributed by atoms with Gasteiger partial charge < -0.3 is 15.4 Å². The summed E-state index contributed by atoms with van der Waals surface area (Å²) >= 11 is 9.14. The number of ether oxygens (including phenoxy) is 1. The summed E-state index contributed by atoms with van der Waals surface area (Å²) in [4.78, 5) is 11.8. The van der Waals surface area contributed by atoms with E-state index in [4.69, 9.17) is 16.3 Å². The van der Waals surface area contributed by atoms with Crippen LogP contribution in [0.15, 0.2) is 16.6 Å². The summed E-state index contributed by atoms with van der Waals surface area (Å²) in [6, 6.07) is 2.65. The van der Waals surface area contributed by atoms with Crippen LogP contribution in [0, 0.1) is 5.82 Å². The SMILES string of the molecule is O=C(CNc1c(Cl)cc(F)cc1Br)NC1CCOCC1. The Morgan fingerprint density at radius 1 is 1.45 bits per heavy atom. The van der Waals surface area contributed by atoms with Crippen molar-refractivity contribution in [3.8, 4) is 0 Å². The van der Waals surface area contributed by atoms with Crippen LogP contribution in [-0.4, -0.2) is 31.7 Å². The Labute approximate surface area is 130 Å². The topological polar surface area (TPSA) is 50.4 Å². The summed E-state index contributed by atoms with van der Waals surface area (Å²) < 4.78 is 18.8. The monoisotopic (exact) mass is 364 g/mol. The number of nitrogens with one attached hydrogen (secondary N) is 2. The van der Waals surface area contributed by atoms with Crippen LogP contribution in [-0.2, 0) is 9.53 Å². The number of amides is 1. The van der Waals surface area contributed by atoms with Gasteiger partial charge in [-0.2, -0.15) is 0 Å². The first-order valence-corrected chi connectivity index (χ1v) is 7.49. The molecule has 4 nitrogen and oxygen atoms in total. The molecule has 1 saturated heterocycles. The number of benzene rings is 1. The fourth-order valence-corrected chi connectivity index (χ4v) is 2.96. The van der Waals surface area contributed by atoms with Gasteiger partial charge in [0.05, 0.1) is 17.3 Å². The number of rotatable bonds is 4. The van der Waals surface area contributed by atoms with E-state index < -0.39 is 5.82 Å². The summed E-state index contributed by atoms with van der Waals surface area (Å²) in [5.41, 5.74) is 0.509. The summed E-state index contributed by atoms with van der Waals surface area (Å²) in [5.74, 6) is -0.553. The molecule has 0 saturated carbocycles. The van der Waals surface area contributed by atoms with Crippen LogP contribution in [0.4, 0.5) is 10.1 Å². The third-order valence-electron chi connectivity index (χ3n) is 3.02. The van der Waals surface area contributed by atoms with Gasteiger partial charge in [0.2, 0.25) is 5.91 Å². The van der Waals surface area contributed by atoms with E-state index >= 15 is 0 Å². The number of anilines is 1. The Kier molecular flexibility index (Phi) is 5.63. The average molecular weight is 366 g/mol. The van der Waals surface area contributed by atoms with Crippen LogP contribution in [0.1, 0.15) is 12.8 Å². The largest absolute Gasteiger partial charge is 0.381 e. The lowest BCUT2D eigenvalue weighted by molar-refractivity contribution is -0.120. The molecule has 1 aromatic carbocycles. The first-order valence-electron chi connectivity index (χ1n) is 6.32. The van der Waals surface area contributed by atoms with Crippen molar-refractivity contribution in [2.45, 2.75) is 18.9 Å². The fraction of sp³-hybridized carbons (Fsp3) is 0.462. The Morgan fingerprint density at radius 3 is 2.80 bits per heavy atom. The molecule has 7 heteroatoms. The van der Waals surface area contributed by atoms with Crippen molar-refractivity contribution in [3.63, 3.8) is 0 Å². The zero-order valence-corrected chi connectivity index (χ0v) is 13.1. The summed E-state index contributed by atoms with van der Waals surface area (Å²) in [6.45, 7) is 1.43. The number of hydrogen-bond donors (Lipinski definition) is 2. The average Bonchev–Trinajstić information content (AvgIpc) is 2.38. The Hall–Kier alpha value is -0.850. The van der Waals surface area contributed by atoms with Crippen molar-refractivity contribution in [2.24, 2.45) is 0 Å². The summed E-state index contributed by atoms with van der Waals surface area (Å²) in [5, 5.41) is 6.07. The maximum Gasteiger partial charge on any atom is 0.239 e. The highest BCUT2D eigenvalue weighted by Gasteiger charge is 2.16. The molecule has 1 fully saturated rings. The molecule has 1 aromatic rings. The van der Waals surface area contributed by atoms with E-state index in [2.05, 4.69) is 26.6 Å². The zero-order chi connectivity index (χ0) is 14.5. The van der Waals surface area contributed by atoms with E-state index in [0.29, 0.717) is 23.4 Å². The van der Waals surface area contributed by atoms with E-state index in [1.165, 1.54) is 12.1 Å². The lowest BCUT2D eigenvalue weighted by atomic mass is 10.1. The standard InChI is InChI=1S/C13H15BrClFN2O2/c14-10-5-8(16)6-11(15)13(10)17-7-12(19)18-9-1-3-20-4-2-9/h5-6,9,17H,1-4,7H2,(H,18,19). The van der Waals surface area contributed by atoms with Gasteiger partial charge in [-0.05, 0) is 40.9 Å². The second-order valence-corrected chi connectivity index (χ2v) is 5.81. The van der Waals surface area contributed by atoms with Crippen molar-refractivity contribution in [3.05, 3.63) is 27.4 Å². The lowest BCUT2D eigenvalue weighted by Crippen LogP contribution is -2.41. The van der Waals surface area contributed by atoms with Crippen LogP contribution >= 0.6 is 27.5 Å². The first-order chi connectivity index (χ1) is 9.56. The number of hydrogen-bond acceptors (Lipinski definition) is 3. The third kappa shape index (κ3) is 4.33. The highest BCUT2D eigenvalue weighted by Crippen LogP contribution is 2.31. The molecule has 0 unspecified atom stereocenters. The quantitative estimate of drug-likeness (QED) is 0.862. The minimum Gasteiger partial charge on any atom is -0.381 e. The molecule has 110 valence electrons. The van der Waals surface area contributed by atoms with Gasteiger partial charge in [0.15, 0.2) is 0 Å². The van der Waals surface area contributed by atoms with Crippen LogP contribution in [0.25, 0.3) is 0 Å². The predicted molar refractivity (Wildman–Crippen MR) is 79.6 cm³/mol. The lowest BCUT2D eigenvalue weighted by Gasteiger charge is -2.23. The minimum absolute atomic E-state index is 0.0846. The van der Waals surface area contributed by atoms with Crippen LogP contribution in [0.5, 0.6) is 0 Å². The molecule has 1 aliphatic heterocycles. The van der Waals surface area contributed by atoms with Crippen molar-refractivity contribution in [1.82, 2.24) is 5.32 Å². The molecule has 2 rings (SSSR count). The van der Waals surface area contributed by atoms with Crippen LogP contribution < -0.4 is 10.6 Å². The van der Waals surface area contributed by atoms with Gasteiger partial charge >= 0.3 is 0 Å². The van der Waals surface area contributed by atoms with Crippen LogP contribution in [0.3, 0.4) is 0 Å². The molecule has 1 heterocycles. The normalized spacial score (nSPS) is 15.9. The molecular weight excluding hydrogens is 351 g/mol. The van der Waals surface area contributed by atoms with Crippen molar-refractivity contribution in [1.29, 1.82) is 0 Å². The zero-order valence-electron chi connectivity index (χ0n) is 10.7. The number of carbonyl (C=O) groups excluding carboxylic acids is 1. The maximum atomic E-state index is 13.1. The molecule has 2 N–H and O–H groups in total. The van der Waals surface area contributed by atoms with E-state index in [0.717, 1.165) is 12.8 Å². The molecule has 0 aromatic heterocycles. The van der Waals surface area contributed by atoms with Gasteiger partial charge in [-0.15, -0.1) is 0 Å². The molecule has 0 atom stereocenters. The first kappa shape index (κ1) is 15.5. The Bertz CT molecular complexity index is 472. The molecule has 0 bridgehead atoms. The van der Waals surface area contributed by atoms with Gasteiger partial charge in [0.1, 0.15) is 5.82 Å². The van der Waals surface area contributed by atoms with Crippen molar-refractivity contribution < 1.29 is 13.9 Å². The molecule has 20 heavy (non-hydrogen) atoms. The van der Waals surface area contributed by atoms with Gasteiger partial charge in [-0.3, -0.25) is 4.79 Å².